The smallest absolute Gasteiger partial charge is 0.456 e. The average Bonchev–Trinajstić information content (AvgIpc) is 3.37. The van der Waals surface area contributed by atoms with E-state index in [2.05, 4.69) is 99.0 Å². The van der Waals surface area contributed by atoms with Crippen LogP contribution in [0.1, 0.15) is 265 Å². The van der Waals surface area contributed by atoms with Crippen LogP contribution in [0.5, 0.6) is 0 Å². The minimum atomic E-state index is -4.46. The van der Waals surface area contributed by atoms with Crippen molar-refractivity contribution in [3.8, 4) is 0 Å². The number of unbranched alkanes of at least 4 members (excludes halogenated alkanes) is 27. The first kappa shape index (κ1) is 72.2. The molecule has 0 radical (unpaired) electrons. The van der Waals surface area contributed by atoms with Crippen LogP contribution >= 0.6 is 7.82 Å². The Labute approximate surface area is 463 Å². The van der Waals surface area contributed by atoms with Gasteiger partial charge in [0.05, 0.1) is 33.8 Å². The van der Waals surface area contributed by atoms with Gasteiger partial charge in [0.25, 0.3) is 0 Å². The first-order chi connectivity index (χ1) is 36.4. The van der Waals surface area contributed by atoms with Crippen LogP contribution in [0, 0.1) is 0 Å². The maximum absolute atomic E-state index is 13.5. The molecule has 0 saturated carbocycles. The first-order valence-electron chi connectivity index (χ1n) is 30.9. The number of quaternary nitrogens is 1. The van der Waals surface area contributed by atoms with E-state index in [-0.39, 0.29) is 31.5 Å². The molecule has 0 heterocycles. The van der Waals surface area contributed by atoms with Crippen molar-refractivity contribution in [3.63, 3.8) is 0 Å². The van der Waals surface area contributed by atoms with Crippen LogP contribution in [0.3, 0.4) is 0 Å². The van der Waals surface area contributed by atoms with Gasteiger partial charge in [-0.1, -0.05) is 235 Å². The number of nitrogens with one attached hydrogen (secondary N) is 1. The lowest BCUT2D eigenvalue weighted by Gasteiger charge is -2.27. The van der Waals surface area contributed by atoms with Crippen molar-refractivity contribution < 1.29 is 37.3 Å². The highest BCUT2D eigenvalue weighted by Crippen LogP contribution is 2.43. The van der Waals surface area contributed by atoms with Crippen LogP contribution in [0.2, 0.25) is 0 Å². The average molecular weight is 1070 g/mol. The van der Waals surface area contributed by atoms with Crippen molar-refractivity contribution in [2.45, 2.75) is 277 Å². The molecular weight excluding hydrogens is 952 g/mol. The van der Waals surface area contributed by atoms with E-state index in [1.165, 1.54) is 109 Å². The van der Waals surface area contributed by atoms with E-state index in [0.29, 0.717) is 23.9 Å². The number of phosphoric ester groups is 1. The molecule has 1 amide bonds. The highest BCUT2D eigenvalue weighted by atomic mass is 31.2. The standard InChI is InChI=1S/C65H117N2O7P/c1-7-10-13-16-19-22-25-27-29-31-32-33-34-36-38-40-43-46-49-52-55-58-65(69)74-63(56-53-50-47-44-41-24-21-18-15-12-9-3)62(61-73-75(70,71)72-60-59-67(4,5)6)66-64(68)57-54-51-48-45-42-39-37-35-30-28-26-23-20-17-14-11-8-2/h10,13,19,22,27-30,32-33,36,38,53,56,62-63H,7-9,11-12,14-18,20-21,23-26,31,34-35,37,39-52,54-55,57-61H2,1-6H3,(H-,66,68,70,71)/p+1/b13-10-,22-19-,29-27-,30-28+,33-32-,38-36-,56-53+. The second-order valence-corrected chi connectivity index (χ2v) is 23.3. The first-order valence-corrected chi connectivity index (χ1v) is 32.4. The zero-order chi connectivity index (χ0) is 55.0. The molecule has 0 aromatic heterocycles. The third kappa shape index (κ3) is 55.7. The fraction of sp³-hybridized carbons (Fsp3) is 0.754. The molecule has 0 aliphatic carbocycles. The maximum Gasteiger partial charge on any atom is 0.472 e. The number of hydrogen-bond donors (Lipinski definition) is 2. The van der Waals surface area contributed by atoms with Gasteiger partial charge in [0.2, 0.25) is 5.91 Å². The fourth-order valence-corrected chi connectivity index (χ4v) is 9.29. The third-order valence-corrected chi connectivity index (χ3v) is 14.3. The quantitative estimate of drug-likeness (QED) is 0.0205. The summed E-state index contributed by atoms with van der Waals surface area (Å²) in [7, 11) is 1.47. The molecule has 2 N–H and O–H groups in total. The molecule has 0 aromatic carbocycles. The van der Waals surface area contributed by atoms with E-state index in [0.717, 1.165) is 116 Å². The summed E-state index contributed by atoms with van der Waals surface area (Å²) in [5, 5.41) is 3.05. The third-order valence-electron chi connectivity index (χ3n) is 13.3. The zero-order valence-electron chi connectivity index (χ0n) is 49.5. The summed E-state index contributed by atoms with van der Waals surface area (Å²) >= 11 is 0. The monoisotopic (exact) mass is 1070 g/mol. The Morgan fingerprint density at radius 3 is 1.29 bits per heavy atom. The Bertz CT molecular complexity index is 1560. The number of rotatable bonds is 55. The number of likely N-dealkylation sites (N-methyl/N-ethyl adjacent to an activating group) is 1. The van der Waals surface area contributed by atoms with Crippen molar-refractivity contribution in [3.05, 3.63) is 85.1 Å². The van der Waals surface area contributed by atoms with Gasteiger partial charge in [-0.25, -0.2) is 4.57 Å². The molecule has 3 unspecified atom stereocenters. The topological polar surface area (TPSA) is 111 Å². The van der Waals surface area contributed by atoms with Crippen LogP contribution in [-0.2, 0) is 27.9 Å². The summed E-state index contributed by atoms with van der Waals surface area (Å²) in [5.41, 5.74) is 0. The SMILES string of the molecule is CC/C=C\C/C=C\C/C=C\C/C=C\C/C=C\CCCCCCCC(=O)OC(/C=C/CCCCCCCCCCC)C(COP(=O)(O)OCC[N+](C)(C)C)NC(=O)CCCCCCCCC/C=C/CCCCCCCC. The molecule has 10 heteroatoms. The van der Waals surface area contributed by atoms with Gasteiger partial charge in [-0.2, -0.15) is 0 Å². The van der Waals surface area contributed by atoms with Gasteiger partial charge < -0.3 is 19.4 Å². The number of carbonyl (C=O) groups is 2. The molecule has 0 fully saturated rings. The molecule has 0 aliphatic rings. The minimum absolute atomic E-state index is 0.0328. The van der Waals surface area contributed by atoms with Crippen LogP contribution in [0.4, 0.5) is 0 Å². The summed E-state index contributed by atoms with van der Waals surface area (Å²) in [6.07, 6.45) is 71.5. The molecule has 0 rings (SSSR count). The summed E-state index contributed by atoms with van der Waals surface area (Å²) in [6.45, 7) is 6.87. The summed E-state index contributed by atoms with van der Waals surface area (Å²) in [4.78, 5) is 37.7. The Morgan fingerprint density at radius 2 is 0.853 bits per heavy atom. The Hall–Kier alpha value is -2.81. The fourth-order valence-electron chi connectivity index (χ4n) is 8.55. The molecule has 0 saturated heterocycles. The van der Waals surface area contributed by atoms with Gasteiger partial charge >= 0.3 is 13.8 Å². The number of phosphoric acid groups is 1. The molecule has 0 bridgehead atoms. The molecule has 3 atom stereocenters. The Kier molecular flexibility index (Phi) is 52.5. The number of hydrogen-bond acceptors (Lipinski definition) is 6. The number of ether oxygens (including phenoxy) is 1. The lowest BCUT2D eigenvalue weighted by atomic mass is 10.1. The van der Waals surface area contributed by atoms with E-state index in [4.69, 9.17) is 13.8 Å². The van der Waals surface area contributed by atoms with Crippen molar-refractivity contribution in [2.24, 2.45) is 0 Å². The number of amides is 1. The number of nitrogens with zero attached hydrogens (tertiary/aromatic N) is 1. The Balaban J connectivity index is 5.27. The predicted molar refractivity (Wildman–Crippen MR) is 323 cm³/mol. The van der Waals surface area contributed by atoms with Crippen molar-refractivity contribution >= 4 is 19.7 Å². The van der Waals surface area contributed by atoms with E-state index in [9.17, 15) is 19.0 Å². The highest BCUT2D eigenvalue weighted by molar-refractivity contribution is 7.47. The lowest BCUT2D eigenvalue weighted by Crippen LogP contribution is -2.47. The Morgan fingerprint density at radius 1 is 0.480 bits per heavy atom. The van der Waals surface area contributed by atoms with Gasteiger partial charge in [0.15, 0.2) is 0 Å². The molecule has 0 aliphatic heterocycles. The van der Waals surface area contributed by atoms with Crippen LogP contribution in [0.15, 0.2) is 85.1 Å². The summed E-state index contributed by atoms with van der Waals surface area (Å²) in [5.74, 6) is -0.533. The minimum Gasteiger partial charge on any atom is -0.456 e. The second kappa shape index (κ2) is 54.5. The zero-order valence-corrected chi connectivity index (χ0v) is 50.4. The number of allylic oxidation sites excluding steroid dienone is 13. The van der Waals surface area contributed by atoms with Gasteiger partial charge in [0.1, 0.15) is 19.3 Å². The van der Waals surface area contributed by atoms with Gasteiger partial charge in [-0.15, -0.1) is 0 Å². The molecule has 9 nitrogen and oxygen atoms in total. The molecule has 0 aromatic rings. The van der Waals surface area contributed by atoms with E-state index in [1.807, 2.05) is 33.3 Å². The van der Waals surface area contributed by atoms with E-state index < -0.39 is 20.0 Å². The van der Waals surface area contributed by atoms with Crippen LogP contribution in [0.25, 0.3) is 0 Å². The van der Waals surface area contributed by atoms with Gasteiger partial charge in [-0.3, -0.25) is 18.6 Å². The van der Waals surface area contributed by atoms with Crippen molar-refractivity contribution in [1.82, 2.24) is 5.32 Å². The normalized spacial score (nSPS) is 14.3. The van der Waals surface area contributed by atoms with Crippen molar-refractivity contribution in [1.29, 1.82) is 0 Å². The van der Waals surface area contributed by atoms with Gasteiger partial charge in [0, 0.05) is 12.8 Å². The lowest BCUT2D eigenvalue weighted by molar-refractivity contribution is -0.870. The molecular formula is C65H118N2O7P+. The molecule has 75 heavy (non-hydrogen) atoms. The second-order valence-electron chi connectivity index (χ2n) is 21.8. The highest BCUT2D eigenvalue weighted by Gasteiger charge is 2.30. The largest absolute Gasteiger partial charge is 0.472 e. The molecule has 434 valence electrons. The van der Waals surface area contributed by atoms with Crippen LogP contribution < -0.4 is 5.32 Å². The summed E-state index contributed by atoms with van der Waals surface area (Å²) < 4.78 is 30.7. The predicted octanol–water partition coefficient (Wildman–Crippen LogP) is 19.0. The van der Waals surface area contributed by atoms with Crippen LogP contribution in [-0.4, -0.2) is 74.3 Å². The van der Waals surface area contributed by atoms with E-state index in [1.54, 1.807) is 0 Å². The number of esters is 1. The maximum atomic E-state index is 13.5. The molecule has 0 spiro atoms. The van der Waals surface area contributed by atoms with E-state index >= 15 is 0 Å². The van der Waals surface area contributed by atoms with Gasteiger partial charge in [-0.05, 0) is 102 Å². The number of carbonyl (C=O) groups excluding carboxylic acids is 2. The summed E-state index contributed by atoms with van der Waals surface area (Å²) in [6, 6.07) is -0.862. The van der Waals surface area contributed by atoms with Crippen molar-refractivity contribution in [2.75, 3.05) is 40.9 Å².